The molecular formula is C18H39IN6. The van der Waals surface area contributed by atoms with Gasteiger partial charge in [-0.15, -0.1) is 24.0 Å². The number of hydrogen-bond donors (Lipinski definition) is 2. The maximum absolute atomic E-state index is 4.40. The van der Waals surface area contributed by atoms with E-state index in [0.717, 1.165) is 19.0 Å². The molecule has 2 heterocycles. The zero-order valence-electron chi connectivity index (χ0n) is 16.6. The van der Waals surface area contributed by atoms with Crippen molar-refractivity contribution in [3.05, 3.63) is 0 Å². The zero-order valence-corrected chi connectivity index (χ0v) is 19.0. The lowest BCUT2D eigenvalue weighted by atomic mass is 10.0. The molecule has 0 aliphatic carbocycles. The molecule has 0 amide bonds. The number of likely N-dealkylation sites (N-methyl/N-ethyl adjacent to an activating group) is 1. The van der Waals surface area contributed by atoms with Gasteiger partial charge in [0.25, 0.3) is 0 Å². The Labute approximate surface area is 171 Å². The molecule has 2 saturated heterocycles. The first-order valence-electron chi connectivity index (χ1n) is 9.78. The highest BCUT2D eigenvalue weighted by molar-refractivity contribution is 14.0. The quantitative estimate of drug-likeness (QED) is 0.351. The Bertz CT molecular complexity index is 374. The van der Waals surface area contributed by atoms with Gasteiger partial charge in [0.15, 0.2) is 5.96 Å². The predicted octanol–water partition coefficient (Wildman–Crippen LogP) is 1.28. The van der Waals surface area contributed by atoms with Crippen molar-refractivity contribution in [3.63, 3.8) is 0 Å². The standard InChI is InChI=1S/C18H38N6.HI/c1-5-22-12-14-23(15-13-22)11-8-20-18(19-4)21-17-6-9-24(10-7-17)16(2)3;/h16-17H,5-15H2,1-4H3,(H2,19,20,21);1H. The number of halogens is 1. The van der Waals surface area contributed by atoms with Crippen LogP contribution in [-0.2, 0) is 0 Å². The van der Waals surface area contributed by atoms with E-state index < -0.39 is 0 Å². The molecule has 0 radical (unpaired) electrons. The van der Waals surface area contributed by atoms with Crippen LogP contribution in [0.15, 0.2) is 4.99 Å². The summed E-state index contributed by atoms with van der Waals surface area (Å²) < 4.78 is 0. The fourth-order valence-electron chi connectivity index (χ4n) is 3.61. The molecule has 0 aromatic carbocycles. The molecule has 2 fully saturated rings. The van der Waals surface area contributed by atoms with Crippen molar-refractivity contribution in [3.8, 4) is 0 Å². The van der Waals surface area contributed by atoms with E-state index >= 15 is 0 Å². The van der Waals surface area contributed by atoms with Gasteiger partial charge in [0.2, 0.25) is 0 Å². The molecule has 0 aromatic rings. The van der Waals surface area contributed by atoms with Crippen molar-refractivity contribution in [2.75, 3.05) is 66.0 Å². The van der Waals surface area contributed by atoms with Gasteiger partial charge in [-0.05, 0) is 33.2 Å². The fourth-order valence-corrected chi connectivity index (χ4v) is 3.61. The smallest absolute Gasteiger partial charge is 0.191 e. The minimum absolute atomic E-state index is 0. The Morgan fingerprint density at radius 2 is 1.64 bits per heavy atom. The number of piperazine rings is 1. The van der Waals surface area contributed by atoms with Crippen molar-refractivity contribution in [1.82, 2.24) is 25.3 Å². The van der Waals surface area contributed by atoms with Gasteiger partial charge in [-0.3, -0.25) is 9.89 Å². The maximum atomic E-state index is 4.40. The summed E-state index contributed by atoms with van der Waals surface area (Å²) in [7, 11) is 1.87. The highest BCUT2D eigenvalue weighted by atomic mass is 127. The summed E-state index contributed by atoms with van der Waals surface area (Å²) in [6.45, 7) is 17.2. The summed E-state index contributed by atoms with van der Waals surface area (Å²) in [5.74, 6) is 0.963. The van der Waals surface area contributed by atoms with E-state index in [1.54, 1.807) is 0 Å². The third-order valence-electron chi connectivity index (χ3n) is 5.46. The monoisotopic (exact) mass is 466 g/mol. The van der Waals surface area contributed by atoms with E-state index in [-0.39, 0.29) is 24.0 Å². The number of guanidine groups is 1. The van der Waals surface area contributed by atoms with Crippen molar-refractivity contribution >= 4 is 29.9 Å². The largest absolute Gasteiger partial charge is 0.355 e. The molecule has 2 rings (SSSR count). The SMILES string of the molecule is CCN1CCN(CCNC(=NC)NC2CCN(C(C)C)CC2)CC1.I. The van der Waals surface area contributed by atoms with Gasteiger partial charge in [-0.1, -0.05) is 6.92 Å². The van der Waals surface area contributed by atoms with Gasteiger partial charge in [0, 0.05) is 71.5 Å². The van der Waals surface area contributed by atoms with E-state index in [2.05, 4.69) is 51.1 Å². The molecule has 148 valence electrons. The topological polar surface area (TPSA) is 46.1 Å². The molecule has 0 saturated carbocycles. The van der Waals surface area contributed by atoms with Crippen molar-refractivity contribution in [2.24, 2.45) is 4.99 Å². The van der Waals surface area contributed by atoms with Gasteiger partial charge in [-0.25, -0.2) is 0 Å². The molecule has 0 aromatic heterocycles. The van der Waals surface area contributed by atoms with Gasteiger partial charge >= 0.3 is 0 Å². The van der Waals surface area contributed by atoms with Crippen LogP contribution in [0.5, 0.6) is 0 Å². The predicted molar refractivity (Wildman–Crippen MR) is 118 cm³/mol. The Kier molecular flexibility index (Phi) is 11.3. The number of nitrogens with one attached hydrogen (secondary N) is 2. The van der Waals surface area contributed by atoms with Crippen LogP contribution in [0.3, 0.4) is 0 Å². The summed E-state index contributed by atoms with van der Waals surface area (Å²) in [4.78, 5) is 12.0. The third-order valence-corrected chi connectivity index (χ3v) is 5.46. The first-order chi connectivity index (χ1) is 11.6. The Balaban J connectivity index is 0.00000312. The summed E-state index contributed by atoms with van der Waals surface area (Å²) in [6.07, 6.45) is 2.41. The number of hydrogen-bond acceptors (Lipinski definition) is 4. The molecule has 7 heteroatoms. The number of piperidine rings is 1. The van der Waals surface area contributed by atoms with Crippen LogP contribution in [0, 0.1) is 0 Å². The number of rotatable bonds is 6. The molecule has 2 aliphatic heterocycles. The molecule has 2 aliphatic rings. The van der Waals surface area contributed by atoms with E-state index in [9.17, 15) is 0 Å². The fraction of sp³-hybridized carbons (Fsp3) is 0.944. The zero-order chi connectivity index (χ0) is 17.4. The van der Waals surface area contributed by atoms with Crippen molar-refractivity contribution in [1.29, 1.82) is 0 Å². The second kappa shape index (κ2) is 12.3. The molecule has 6 nitrogen and oxygen atoms in total. The molecule has 0 spiro atoms. The van der Waals surface area contributed by atoms with Gasteiger partial charge in [0.05, 0.1) is 0 Å². The van der Waals surface area contributed by atoms with E-state index in [0.29, 0.717) is 12.1 Å². The van der Waals surface area contributed by atoms with Gasteiger partial charge < -0.3 is 20.4 Å². The van der Waals surface area contributed by atoms with E-state index in [4.69, 9.17) is 0 Å². The molecule has 2 N–H and O–H groups in total. The van der Waals surface area contributed by atoms with E-state index in [1.165, 1.54) is 58.7 Å². The van der Waals surface area contributed by atoms with Gasteiger partial charge in [-0.2, -0.15) is 0 Å². The summed E-state index contributed by atoms with van der Waals surface area (Å²) in [5.41, 5.74) is 0. The molecule has 0 atom stereocenters. The van der Waals surface area contributed by atoms with Crippen LogP contribution in [0.2, 0.25) is 0 Å². The van der Waals surface area contributed by atoms with Crippen LogP contribution in [0.25, 0.3) is 0 Å². The summed E-state index contributed by atoms with van der Waals surface area (Å²) >= 11 is 0. The Hall–Kier alpha value is -0.120. The number of likely N-dealkylation sites (tertiary alicyclic amines) is 1. The minimum atomic E-state index is 0. The highest BCUT2D eigenvalue weighted by Gasteiger charge is 2.21. The first-order valence-corrected chi connectivity index (χ1v) is 9.78. The summed E-state index contributed by atoms with van der Waals surface area (Å²) in [5, 5.41) is 7.10. The lowest BCUT2D eigenvalue weighted by molar-refractivity contribution is 0.139. The lowest BCUT2D eigenvalue weighted by Crippen LogP contribution is -2.52. The number of aliphatic imine (C=N–C) groups is 1. The van der Waals surface area contributed by atoms with Crippen LogP contribution in [-0.4, -0.2) is 98.7 Å². The number of nitrogens with zero attached hydrogens (tertiary/aromatic N) is 4. The average molecular weight is 466 g/mol. The van der Waals surface area contributed by atoms with Crippen molar-refractivity contribution in [2.45, 2.75) is 45.7 Å². The van der Waals surface area contributed by atoms with Crippen molar-refractivity contribution < 1.29 is 0 Å². The molecule has 0 unspecified atom stereocenters. The molecule has 0 bridgehead atoms. The van der Waals surface area contributed by atoms with Crippen LogP contribution in [0.1, 0.15) is 33.6 Å². The van der Waals surface area contributed by atoms with Gasteiger partial charge in [0.1, 0.15) is 0 Å². The first kappa shape index (κ1) is 22.9. The molecular weight excluding hydrogens is 427 g/mol. The molecule has 25 heavy (non-hydrogen) atoms. The maximum Gasteiger partial charge on any atom is 0.191 e. The normalized spacial score (nSPS) is 22.0. The lowest BCUT2D eigenvalue weighted by Gasteiger charge is -2.36. The second-order valence-corrected chi connectivity index (χ2v) is 7.32. The Morgan fingerprint density at radius 1 is 1.04 bits per heavy atom. The van der Waals surface area contributed by atoms with Crippen LogP contribution >= 0.6 is 24.0 Å². The highest BCUT2D eigenvalue weighted by Crippen LogP contribution is 2.12. The van der Waals surface area contributed by atoms with Crippen LogP contribution < -0.4 is 10.6 Å². The third kappa shape index (κ3) is 7.97. The summed E-state index contributed by atoms with van der Waals surface area (Å²) in [6, 6.07) is 1.22. The average Bonchev–Trinajstić information content (AvgIpc) is 2.61. The Morgan fingerprint density at radius 3 is 2.16 bits per heavy atom. The second-order valence-electron chi connectivity index (χ2n) is 7.32. The minimum Gasteiger partial charge on any atom is -0.355 e. The van der Waals surface area contributed by atoms with E-state index in [1.807, 2.05) is 7.05 Å². The van der Waals surface area contributed by atoms with Crippen LogP contribution in [0.4, 0.5) is 0 Å².